The highest BCUT2D eigenvalue weighted by Crippen LogP contribution is 2.78. The first-order valence-electron chi connectivity index (χ1n) is 5.60. The predicted octanol–water partition coefficient (Wildman–Crippen LogP) is 0.481. The van der Waals surface area contributed by atoms with E-state index in [2.05, 4.69) is 31.9 Å². The average Bonchev–Trinajstić information content (AvgIpc) is 2.63. The van der Waals surface area contributed by atoms with Gasteiger partial charge in [-0.2, -0.15) is 0 Å². The Balaban J connectivity index is 2.42. The van der Waals surface area contributed by atoms with Gasteiger partial charge in [0.15, 0.2) is 4.32 Å². The van der Waals surface area contributed by atoms with Crippen LogP contribution in [-0.2, 0) is 23.8 Å². The minimum atomic E-state index is -2.31. The normalized spacial score (nSPS) is 53.8. The molecule has 2 bridgehead atoms. The van der Waals surface area contributed by atoms with Crippen molar-refractivity contribution in [1.82, 2.24) is 0 Å². The van der Waals surface area contributed by atoms with Gasteiger partial charge in [0.1, 0.15) is 4.32 Å². The van der Waals surface area contributed by atoms with E-state index in [1.165, 1.54) is 14.2 Å². The van der Waals surface area contributed by atoms with Crippen molar-refractivity contribution in [3.8, 4) is 0 Å². The summed E-state index contributed by atoms with van der Waals surface area (Å²) in [5.41, 5.74) is -1.15. The predicted molar refractivity (Wildman–Crippen MR) is 68.8 cm³/mol. The first-order chi connectivity index (χ1) is 8.61. The van der Waals surface area contributed by atoms with Crippen molar-refractivity contribution in [2.45, 2.75) is 33.6 Å². The Bertz CT molecular complexity index is 519. The minimum absolute atomic E-state index is 0.104. The van der Waals surface area contributed by atoms with Gasteiger partial charge in [-0.25, -0.2) is 0 Å². The van der Waals surface area contributed by atoms with E-state index in [0.717, 1.165) is 0 Å². The van der Waals surface area contributed by atoms with Crippen LogP contribution < -0.4 is 0 Å². The quantitative estimate of drug-likeness (QED) is 0.413. The van der Waals surface area contributed by atoms with Crippen LogP contribution in [-0.4, -0.2) is 51.3 Å². The van der Waals surface area contributed by atoms with Gasteiger partial charge < -0.3 is 19.3 Å². The Kier molecular flexibility index (Phi) is 2.38. The molecule has 0 radical (unpaired) electrons. The summed E-state index contributed by atoms with van der Waals surface area (Å²) in [6.45, 7) is 1.62. The number of carbonyl (C=O) groups is 2. The first-order valence-corrected chi connectivity index (χ1v) is 7.19. The molecule has 2 saturated carbocycles. The van der Waals surface area contributed by atoms with Crippen LogP contribution in [0, 0.1) is 5.41 Å². The molecular formula is C11H12Br2O6. The van der Waals surface area contributed by atoms with E-state index >= 15 is 0 Å². The Labute approximate surface area is 126 Å². The van der Waals surface area contributed by atoms with Gasteiger partial charge in [0, 0.05) is 14.2 Å². The number of ketones is 1. The third-order valence-corrected chi connectivity index (χ3v) is 7.83. The van der Waals surface area contributed by atoms with Crippen molar-refractivity contribution >= 4 is 43.6 Å². The van der Waals surface area contributed by atoms with Crippen LogP contribution in [0.4, 0.5) is 0 Å². The van der Waals surface area contributed by atoms with E-state index in [1.54, 1.807) is 6.92 Å². The van der Waals surface area contributed by atoms with Crippen LogP contribution >= 0.6 is 31.9 Å². The summed E-state index contributed by atoms with van der Waals surface area (Å²) in [6.07, 6.45) is 0.104. The van der Waals surface area contributed by atoms with E-state index in [9.17, 15) is 14.7 Å². The zero-order valence-electron chi connectivity index (χ0n) is 10.5. The highest BCUT2D eigenvalue weighted by molar-refractivity contribution is 9.11. The van der Waals surface area contributed by atoms with Gasteiger partial charge in [-0.05, 0) is 13.3 Å². The fourth-order valence-corrected chi connectivity index (χ4v) is 6.82. The summed E-state index contributed by atoms with van der Waals surface area (Å²) in [7, 11) is 2.71. The van der Waals surface area contributed by atoms with Gasteiger partial charge in [0.2, 0.25) is 11.6 Å². The summed E-state index contributed by atoms with van der Waals surface area (Å²) in [6, 6.07) is 0. The van der Waals surface area contributed by atoms with E-state index in [0.29, 0.717) is 0 Å². The van der Waals surface area contributed by atoms with Crippen molar-refractivity contribution in [3.63, 3.8) is 0 Å². The molecule has 0 aromatic carbocycles. The smallest absolute Gasteiger partial charge is 0.316 e. The van der Waals surface area contributed by atoms with E-state index < -0.39 is 37.4 Å². The Morgan fingerprint density at radius 3 is 2.21 bits per heavy atom. The molecule has 0 spiro atoms. The van der Waals surface area contributed by atoms with E-state index in [4.69, 9.17) is 14.2 Å². The fraction of sp³-hybridized carbons (Fsp3) is 0.818. The monoisotopic (exact) mass is 398 g/mol. The number of methoxy groups -OCH3 is 2. The number of halogens is 2. The summed E-state index contributed by atoms with van der Waals surface area (Å²) in [5, 5.41) is 10.6. The maximum Gasteiger partial charge on any atom is 0.316 e. The molecule has 1 aliphatic heterocycles. The highest BCUT2D eigenvalue weighted by Gasteiger charge is 2.99. The second kappa shape index (κ2) is 3.24. The van der Waals surface area contributed by atoms with Gasteiger partial charge in [0.05, 0.1) is 5.41 Å². The van der Waals surface area contributed by atoms with Gasteiger partial charge in [-0.15, -0.1) is 0 Å². The lowest BCUT2D eigenvalue weighted by Gasteiger charge is -2.41. The molecule has 4 atom stereocenters. The Hall–Kier alpha value is -0.0200. The summed E-state index contributed by atoms with van der Waals surface area (Å²) in [5.74, 6) is -5.19. The molecule has 3 rings (SSSR count). The Morgan fingerprint density at radius 2 is 1.79 bits per heavy atom. The standard InChI is InChI=1S/C11H12Br2O6/c1-7-4-8(12)5(14)9(16,19-6(7)15)10(7,13)11(8,17-2)18-3/h16H,4H2,1-3H3/t7-,8-,9-,10+/m1/s1. The molecule has 19 heavy (non-hydrogen) atoms. The SMILES string of the molecule is COC1(OC)[C@]2(Br)[C@]3(C)C[C@@]1(Br)C(=O)[C@@]2(O)OC3=O. The van der Waals surface area contributed by atoms with Crippen molar-refractivity contribution in [3.05, 3.63) is 0 Å². The number of hydrogen-bond donors (Lipinski definition) is 1. The van der Waals surface area contributed by atoms with Crippen molar-refractivity contribution < 1.29 is 28.9 Å². The third-order valence-electron chi connectivity index (χ3n) is 4.73. The maximum atomic E-state index is 12.5. The fourth-order valence-electron chi connectivity index (χ4n) is 3.88. The topological polar surface area (TPSA) is 82.1 Å². The molecule has 0 unspecified atom stereocenters. The van der Waals surface area contributed by atoms with Crippen LogP contribution in [0.1, 0.15) is 13.3 Å². The van der Waals surface area contributed by atoms with Crippen LogP contribution in [0.2, 0.25) is 0 Å². The molecule has 8 heteroatoms. The number of rotatable bonds is 2. The van der Waals surface area contributed by atoms with Crippen molar-refractivity contribution in [2.24, 2.45) is 5.41 Å². The summed E-state index contributed by atoms with van der Waals surface area (Å²) in [4.78, 5) is 24.7. The van der Waals surface area contributed by atoms with Gasteiger partial charge >= 0.3 is 5.97 Å². The lowest BCUT2D eigenvalue weighted by molar-refractivity contribution is -0.245. The number of esters is 1. The molecule has 1 saturated heterocycles. The average molecular weight is 400 g/mol. The number of carbonyl (C=O) groups excluding carboxylic acids is 2. The molecule has 0 aromatic heterocycles. The molecule has 2 aliphatic carbocycles. The highest BCUT2D eigenvalue weighted by atomic mass is 79.9. The van der Waals surface area contributed by atoms with Gasteiger partial charge in [0.25, 0.3) is 5.79 Å². The number of Topliss-reactive ketones (excluding diaryl/α,β-unsaturated/α-hetero) is 1. The number of hydrogen-bond acceptors (Lipinski definition) is 6. The van der Waals surface area contributed by atoms with Crippen LogP contribution in [0.5, 0.6) is 0 Å². The molecular weight excluding hydrogens is 388 g/mol. The lowest BCUT2D eigenvalue weighted by Crippen LogP contribution is -2.62. The number of ether oxygens (including phenoxy) is 3. The number of aliphatic hydroxyl groups is 1. The number of fused-ring (bicyclic) bond motifs is 1. The molecule has 0 amide bonds. The molecule has 6 nitrogen and oxygen atoms in total. The van der Waals surface area contributed by atoms with Crippen molar-refractivity contribution in [2.75, 3.05) is 14.2 Å². The maximum absolute atomic E-state index is 12.5. The van der Waals surface area contributed by atoms with Gasteiger partial charge in [-0.1, -0.05) is 31.9 Å². The Morgan fingerprint density at radius 1 is 1.26 bits per heavy atom. The van der Waals surface area contributed by atoms with E-state index in [-0.39, 0.29) is 6.42 Å². The summed E-state index contributed by atoms with van der Waals surface area (Å²) >= 11 is 6.68. The third kappa shape index (κ3) is 0.911. The molecule has 0 aromatic rings. The number of alkyl halides is 2. The lowest BCUT2D eigenvalue weighted by atomic mass is 9.73. The molecule has 106 valence electrons. The van der Waals surface area contributed by atoms with Crippen LogP contribution in [0.3, 0.4) is 0 Å². The molecule has 3 fully saturated rings. The summed E-state index contributed by atoms with van der Waals surface area (Å²) < 4.78 is 13.0. The molecule has 3 aliphatic rings. The second-order valence-electron chi connectivity index (χ2n) is 5.36. The van der Waals surface area contributed by atoms with Crippen LogP contribution in [0.25, 0.3) is 0 Å². The zero-order valence-corrected chi connectivity index (χ0v) is 13.6. The largest absolute Gasteiger partial charge is 0.423 e. The molecule has 1 N–H and O–H groups in total. The van der Waals surface area contributed by atoms with Crippen molar-refractivity contribution in [1.29, 1.82) is 0 Å². The zero-order chi connectivity index (χ0) is 14.5. The van der Waals surface area contributed by atoms with Crippen LogP contribution in [0.15, 0.2) is 0 Å². The molecule has 1 heterocycles. The van der Waals surface area contributed by atoms with E-state index in [1.807, 2.05) is 0 Å². The first kappa shape index (κ1) is 13.9. The van der Waals surface area contributed by atoms with Gasteiger partial charge in [-0.3, -0.25) is 9.59 Å². The minimum Gasteiger partial charge on any atom is -0.423 e. The second-order valence-corrected chi connectivity index (χ2v) is 7.90.